The van der Waals surface area contributed by atoms with Crippen LogP contribution in [0.1, 0.15) is 46.0 Å². The number of amides is 2. The summed E-state index contributed by atoms with van der Waals surface area (Å²) in [4.78, 5) is 45.7. The van der Waals surface area contributed by atoms with E-state index in [9.17, 15) is 19.5 Å². The maximum atomic E-state index is 14.5. The average molecular weight is 539 g/mol. The highest BCUT2D eigenvalue weighted by Crippen LogP contribution is 2.58. The molecule has 2 fully saturated rings. The molecule has 1 unspecified atom stereocenters. The Labute approximate surface area is 229 Å². The van der Waals surface area contributed by atoms with Crippen LogP contribution < -0.4 is 9.64 Å². The number of hydrogen-bond acceptors (Lipinski definition) is 7. The zero-order valence-electron chi connectivity index (χ0n) is 22.9. The highest BCUT2D eigenvalue weighted by molar-refractivity contribution is 6.05. The minimum Gasteiger partial charge on any atom is -0.497 e. The SMILES string of the molecule is CC[C@@H](CO)N1C(=O)[C@@H]2[C@H]3C(=O)OCCCC/C=C\[C@@]3(CC)O[C@@]23C=CCN(c2ccc(OC)cc2)C(=O)C13. The number of fused-ring (bicyclic) bond motifs is 2. The van der Waals surface area contributed by atoms with Crippen molar-refractivity contribution in [3.05, 3.63) is 48.6 Å². The van der Waals surface area contributed by atoms with Gasteiger partial charge in [-0.25, -0.2) is 0 Å². The molecule has 1 aromatic carbocycles. The number of aliphatic hydroxyl groups is 1. The Balaban J connectivity index is 1.67. The van der Waals surface area contributed by atoms with Gasteiger partial charge >= 0.3 is 5.97 Å². The molecule has 39 heavy (non-hydrogen) atoms. The number of cyclic esters (lactones) is 1. The van der Waals surface area contributed by atoms with Gasteiger partial charge in [0.15, 0.2) is 0 Å². The number of ether oxygens (including phenoxy) is 3. The molecule has 6 atom stereocenters. The monoisotopic (exact) mass is 538 g/mol. The predicted octanol–water partition coefficient (Wildman–Crippen LogP) is 3.01. The molecule has 0 aliphatic carbocycles. The molecule has 0 radical (unpaired) electrons. The third-order valence-corrected chi connectivity index (χ3v) is 8.78. The minimum absolute atomic E-state index is 0.265. The summed E-state index contributed by atoms with van der Waals surface area (Å²) < 4.78 is 17.9. The first-order valence-corrected chi connectivity index (χ1v) is 14.0. The van der Waals surface area contributed by atoms with E-state index in [0.717, 1.165) is 19.3 Å². The van der Waals surface area contributed by atoms with Gasteiger partial charge in [-0.1, -0.05) is 38.2 Å². The summed E-state index contributed by atoms with van der Waals surface area (Å²) in [5.74, 6) is -2.38. The zero-order valence-corrected chi connectivity index (χ0v) is 22.9. The average Bonchev–Trinajstić information content (AvgIpc) is 3.31. The molecule has 4 heterocycles. The smallest absolute Gasteiger partial charge is 0.313 e. The van der Waals surface area contributed by atoms with E-state index in [2.05, 4.69) is 0 Å². The van der Waals surface area contributed by atoms with Crippen LogP contribution >= 0.6 is 0 Å². The Bertz CT molecular complexity index is 1160. The van der Waals surface area contributed by atoms with Gasteiger partial charge in [0.05, 0.1) is 32.3 Å². The van der Waals surface area contributed by atoms with Gasteiger partial charge in [0.1, 0.15) is 28.9 Å². The van der Waals surface area contributed by atoms with E-state index in [1.165, 1.54) is 4.90 Å². The molecule has 1 N–H and O–H groups in total. The van der Waals surface area contributed by atoms with Crippen molar-refractivity contribution in [2.45, 2.75) is 69.2 Å². The lowest BCUT2D eigenvalue weighted by molar-refractivity contribution is -0.161. The molecule has 2 saturated heterocycles. The lowest BCUT2D eigenvalue weighted by Crippen LogP contribution is -2.59. The van der Waals surface area contributed by atoms with E-state index in [1.807, 2.05) is 38.2 Å². The molecule has 4 aliphatic heterocycles. The van der Waals surface area contributed by atoms with Crippen molar-refractivity contribution in [3.63, 3.8) is 0 Å². The zero-order chi connectivity index (χ0) is 27.8. The second-order valence-corrected chi connectivity index (χ2v) is 10.7. The van der Waals surface area contributed by atoms with E-state index in [4.69, 9.17) is 14.2 Å². The van der Waals surface area contributed by atoms with Crippen LogP contribution in [0.3, 0.4) is 0 Å². The van der Waals surface area contributed by atoms with Gasteiger partial charge in [0.2, 0.25) is 5.91 Å². The number of rotatable bonds is 6. The van der Waals surface area contributed by atoms with Gasteiger partial charge in [-0.2, -0.15) is 0 Å². The fourth-order valence-electron chi connectivity index (χ4n) is 6.78. The van der Waals surface area contributed by atoms with E-state index in [0.29, 0.717) is 24.3 Å². The second-order valence-electron chi connectivity index (χ2n) is 10.7. The summed E-state index contributed by atoms with van der Waals surface area (Å²) in [5.41, 5.74) is -1.84. The van der Waals surface area contributed by atoms with Crippen LogP contribution in [0.5, 0.6) is 5.75 Å². The molecule has 210 valence electrons. The number of methoxy groups -OCH3 is 1. The Hall–Kier alpha value is -3.17. The van der Waals surface area contributed by atoms with Crippen molar-refractivity contribution in [1.29, 1.82) is 0 Å². The molecule has 1 aromatic rings. The molecule has 0 saturated carbocycles. The molecular formula is C30H38N2O7. The van der Waals surface area contributed by atoms with Gasteiger partial charge in [0.25, 0.3) is 5.91 Å². The number of nitrogens with zero attached hydrogens (tertiary/aromatic N) is 2. The lowest BCUT2D eigenvalue weighted by atomic mass is 9.73. The Morgan fingerprint density at radius 2 is 1.82 bits per heavy atom. The number of hydrogen-bond donors (Lipinski definition) is 1. The van der Waals surface area contributed by atoms with Gasteiger partial charge < -0.3 is 29.1 Å². The van der Waals surface area contributed by atoms with Crippen molar-refractivity contribution in [3.8, 4) is 5.75 Å². The van der Waals surface area contributed by atoms with Crippen LogP contribution in [0.25, 0.3) is 0 Å². The van der Waals surface area contributed by atoms with Crippen LogP contribution in [-0.4, -0.2) is 77.9 Å². The van der Waals surface area contributed by atoms with E-state index in [1.54, 1.807) is 36.3 Å². The fraction of sp³-hybridized carbons (Fsp3) is 0.567. The number of esters is 1. The van der Waals surface area contributed by atoms with Crippen LogP contribution in [0.2, 0.25) is 0 Å². The molecule has 1 spiro atoms. The number of benzene rings is 1. The molecular weight excluding hydrogens is 500 g/mol. The number of allylic oxidation sites excluding steroid dienone is 1. The van der Waals surface area contributed by atoms with Gasteiger partial charge in [-0.05, 0) is 56.4 Å². The van der Waals surface area contributed by atoms with Gasteiger partial charge in [-0.15, -0.1) is 0 Å². The number of carbonyl (C=O) groups excluding carboxylic acids is 3. The quantitative estimate of drug-likeness (QED) is 0.439. The highest BCUT2D eigenvalue weighted by Gasteiger charge is 2.75. The van der Waals surface area contributed by atoms with Crippen LogP contribution in [0.15, 0.2) is 48.6 Å². The maximum absolute atomic E-state index is 14.5. The number of carbonyl (C=O) groups is 3. The van der Waals surface area contributed by atoms with Gasteiger partial charge in [-0.3, -0.25) is 14.4 Å². The standard InChI is InChI=1S/C30H38N2O7/c1-4-20(19-33)32-25-27(35)31(21-11-13-22(37-3)14-12-21)17-10-16-30(25)23(26(32)34)24-28(36)38-18-9-7-6-8-15-29(24,5-2)39-30/h8,10-16,20,23-25,33H,4-7,9,17-19H2,1-3H3/b15-8-/t20-,23-,24-,25?,29+,30-/m0/s1. The first kappa shape index (κ1) is 27.4. The summed E-state index contributed by atoms with van der Waals surface area (Å²) >= 11 is 0. The normalized spacial score (nSPS) is 34.1. The Kier molecular flexibility index (Phi) is 7.57. The van der Waals surface area contributed by atoms with Crippen molar-refractivity contribution in [1.82, 2.24) is 4.90 Å². The predicted molar refractivity (Wildman–Crippen MR) is 144 cm³/mol. The fourth-order valence-corrected chi connectivity index (χ4v) is 6.78. The Morgan fingerprint density at radius 1 is 1.05 bits per heavy atom. The number of aliphatic hydroxyl groups excluding tert-OH is 1. The maximum Gasteiger partial charge on any atom is 0.313 e. The first-order valence-electron chi connectivity index (χ1n) is 14.0. The largest absolute Gasteiger partial charge is 0.497 e. The Morgan fingerprint density at radius 3 is 2.49 bits per heavy atom. The molecule has 4 aliphatic rings. The summed E-state index contributed by atoms with van der Waals surface area (Å²) in [5, 5.41) is 10.3. The van der Waals surface area contributed by atoms with Crippen molar-refractivity contribution < 1.29 is 33.7 Å². The summed E-state index contributed by atoms with van der Waals surface area (Å²) in [6.45, 7) is 4.03. The van der Waals surface area contributed by atoms with E-state index in [-0.39, 0.29) is 31.6 Å². The van der Waals surface area contributed by atoms with Crippen molar-refractivity contribution in [2.24, 2.45) is 11.8 Å². The summed E-state index contributed by atoms with van der Waals surface area (Å²) in [6.07, 6.45) is 10.9. The number of likely N-dealkylation sites (tertiary alicyclic amines) is 1. The highest BCUT2D eigenvalue weighted by atomic mass is 16.6. The molecule has 9 heteroatoms. The second kappa shape index (κ2) is 10.8. The van der Waals surface area contributed by atoms with Crippen molar-refractivity contribution in [2.75, 3.05) is 31.8 Å². The van der Waals surface area contributed by atoms with E-state index < -0.39 is 41.1 Å². The topological polar surface area (TPSA) is 106 Å². The summed E-state index contributed by atoms with van der Waals surface area (Å²) in [6, 6.07) is 5.49. The molecule has 9 nitrogen and oxygen atoms in total. The lowest BCUT2D eigenvalue weighted by Gasteiger charge is -2.40. The molecule has 2 amide bonds. The van der Waals surface area contributed by atoms with Gasteiger partial charge in [0, 0.05) is 12.2 Å². The molecule has 0 bridgehead atoms. The third-order valence-electron chi connectivity index (χ3n) is 8.78. The van der Waals surface area contributed by atoms with Crippen molar-refractivity contribution >= 4 is 23.5 Å². The molecule has 5 rings (SSSR count). The first-order chi connectivity index (χ1) is 18.9. The third kappa shape index (κ3) is 4.26. The number of anilines is 1. The van der Waals surface area contributed by atoms with Crippen LogP contribution in [0, 0.1) is 11.8 Å². The van der Waals surface area contributed by atoms with E-state index >= 15 is 0 Å². The summed E-state index contributed by atoms with van der Waals surface area (Å²) in [7, 11) is 1.58. The minimum atomic E-state index is -1.39. The van der Waals surface area contributed by atoms with Crippen LogP contribution in [-0.2, 0) is 23.9 Å². The van der Waals surface area contributed by atoms with Crippen LogP contribution in [0.4, 0.5) is 5.69 Å². The molecule has 0 aromatic heterocycles.